The maximum Gasteiger partial charge on any atom is 0.342 e. The minimum absolute atomic E-state index is 0.0249. The van der Waals surface area contributed by atoms with Crippen LogP contribution < -0.4 is 14.4 Å². The van der Waals surface area contributed by atoms with Crippen molar-refractivity contribution in [2.24, 2.45) is 0 Å². The highest BCUT2D eigenvalue weighted by atomic mass is 32.1. The summed E-state index contributed by atoms with van der Waals surface area (Å²) in [5.41, 5.74) is 1.19. The third-order valence-corrected chi connectivity index (χ3v) is 5.68. The van der Waals surface area contributed by atoms with Crippen molar-refractivity contribution in [3.63, 3.8) is 0 Å². The number of nitrogens with zero attached hydrogens (tertiary/aromatic N) is 1. The van der Waals surface area contributed by atoms with Gasteiger partial charge in [0.2, 0.25) is 0 Å². The molecule has 2 heterocycles. The molecule has 1 aliphatic heterocycles. The SMILES string of the molecule is Cc1cccc(C(=O)OCC(=O)N(Cc2cccs2)c2ccc3c(c2)OCCO3)c1O. The monoisotopic (exact) mass is 439 g/mol. The van der Waals surface area contributed by atoms with Crippen molar-refractivity contribution in [2.45, 2.75) is 13.5 Å². The molecule has 0 atom stereocenters. The van der Waals surface area contributed by atoms with Crippen LogP contribution in [0.3, 0.4) is 0 Å². The van der Waals surface area contributed by atoms with Crippen molar-refractivity contribution in [3.05, 3.63) is 69.9 Å². The molecular formula is C23H21NO6S. The number of thiophene rings is 1. The van der Waals surface area contributed by atoms with Crippen LogP contribution in [0.5, 0.6) is 17.2 Å². The minimum Gasteiger partial charge on any atom is -0.507 e. The van der Waals surface area contributed by atoms with E-state index in [9.17, 15) is 14.7 Å². The third-order valence-electron chi connectivity index (χ3n) is 4.82. The number of phenols is 1. The van der Waals surface area contributed by atoms with Gasteiger partial charge in [0.1, 0.15) is 24.5 Å². The molecule has 2 aromatic carbocycles. The van der Waals surface area contributed by atoms with E-state index < -0.39 is 18.5 Å². The van der Waals surface area contributed by atoms with Gasteiger partial charge in [-0.05, 0) is 42.1 Å². The lowest BCUT2D eigenvalue weighted by Crippen LogP contribution is -2.34. The van der Waals surface area contributed by atoms with Crippen molar-refractivity contribution in [1.82, 2.24) is 0 Å². The summed E-state index contributed by atoms with van der Waals surface area (Å²) < 4.78 is 16.4. The normalized spacial score (nSPS) is 12.3. The van der Waals surface area contributed by atoms with E-state index in [1.165, 1.54) is 22.3 Å². The minimum atomic E-state index is -0.757. The van der Waals surface area contributed by atoms with Crippen LogP contribution >= 0.6 is 11.3 Å². The molecule has 7 nitrogen and oxygen atoms in total. The van der Waals surface area contributed by atoms with Gasteiger partial charge >= 0.3 is 5.97 Å². The Labute approximate surface area is 183 Å². The van der Waals surface area contributed by atoms with Gasteiger partial charge in [-0.3, -0.25) is 4.79 Å². The van der Waals surface area contributed by atoms with E-state index in [0.717, 1.165) is 4.88 Å². The van der Waals surface area contributed by atoms with Crippen molar-refractivity contribution in [1.29, 1.82) is 0 Å². The number of phenolic OH excluding ortho intramolecular Hbond substituents is 1. The Morgan fingerprint density at radius 3 is 2.68 bits per heavy atom. The number of amides is 1. The molecule has 1 aliphatic rings. The van der Waals surface area contributed by atoms with Crippen LogP contribution in [0.1, 0.15) is 20.8 Å². The van der Waals surface area contributed by atoms with Gasteiger partial charge in [-0.15, -0.1) is 11.3 Å². The van der Waals surface area contributed by atoms with Crippen molar-refractivity contribution >= 4 is 28.9 Å². The van der Waals surface area contributed by atoms with Crippen molar-refractivity contribution in [3.8, 4) is 17.2 Å². The van der Waals surface area contributed by atoms with Gasteiger partial charge in [-0.25, -0.2) is 4.79 Å². The number of hydrogen-bond donors (Lipinski definition) is 1. The number of fused-ring (bicyclic) bond motifs is 1. The summed E-state index contributed by atoms with van der Waals surface area (Å²) in [7, 11) is 0. The molecule has 8 heteroatoms. The zero-order valence-electron chi connectivity index (χ0n) is 16.9. The average molecular weight is 439 g/mol. The number of benzene rings is 2. The first kappa shape index (κ1) is 20.7. The van der Waals surface area contributed by atoms with Crippen LogP contribution in [0.2, 0.25) is 0 Å². The fourth-order valence-corrected chi connectivity index (χ4v) is 3.88. The highest BCUT2D eigenvalue weighted by Crippen LogP contribution is 2.35. The lowest BCUT2D eigenvalue weighted by Gasteiger charge is -2.25. The van der Waals surface area contributed by atoms with Gasteiger partial charge in [0.15, 0.2) is 18.1 Å². The molecule has 31 heavy (non-hydrogen) atoms. The smallest absolute Gasteiger partial charge is 0.342 e. The Hall–Kier alpha value is -3.52. The zero-order valence-corrected chi connectivity index (χ0v) is 17.7. The molecule has 0 aliphatic carbocycles. The van der Waals surface area contributed by atoms with Gasteiger partial charge in [0.05, 0.1) is 6.54 Å². The molecule has 1 aromatic heterocycles. The van der Waals surface area contributed by atoms with Gasteiger partial charge in [0.25, 0.3) is 5.91 Å². The highest BCUT2D eigenvalue weighted by Gasteiger charge is 2.23. The number of rotatable bonds is 6. The maximum absolute atomic E-state index is 13.0. The fourth-order valence-electron chi connectivity index (χ4n) is 3.19. The molecule has 0 unspecified atom stereocenters. The number of anilines is 1. The number of carbonyl (C=O) groups is 2. The van der Waals surface area contributed by atoms with E-state index in [1.54, 1.807) is 37.3 Å². The molecule has 3 aromatic rings. The molecule has 4 rings (SSSR count). The first-order valence-corrected chi connectivity index (χ1v) is 10.6. The second-order valence-corrected chi connectivity index (χ2v) is 7.97. The summed E-state index contributed by atoms with van der Waals surface area (Å²) in [5.74, 6) is -0.116. The molecule has 0 radical (unpaired) electrons. The molecule has 0 spiro atoms. The number of esters is 1. The number of ether oxygens (including phenoxy) is 3. The first-order valence-electron chi connectivity index (χ1n) is 9.71. The quantitative estimate of drug-likeness (QED) is 0.586. The van der Waals surface area contributed by atoms with Crippen LogP contribution in [0, 0.1) is 6.92 Å². The summed E-state index contributed by atoms with van der Waals surface area (Å²) in [6.07, 6.45) is 0. The van der Waals surface area contributed by atoms with Gasteiger partial charge in [-0.2, -0.15) is 0 Å². The predicted molar refractivity (Wildman–Crippen MR) is 116 cm³/mol. The number of aryl methyl sites for hydroxylation is 1. The number of aromatic hydroxyl groups is 1. The Balaban J connectivity index is 1.53. The standard InChI is InChI=1S/C23H21NO6S/c1-15-4-2-6-18(22(15)26)23(27)30-14-21(25)24(13-17-5-3-11-31-17)16-7-8-19-20(12-16)29-10-9-28-19/h2-8,11-12,26H,9-10,13-14H2,1H3. The number of hydrogen-bond acceptors (Lipinski definition) is 7. The maximum atomic E-state index is 13.0. The second-order valence-electron chi connectivity index (χ2n) is 6.93. The van der Waals surface area contributed by atoms with E-state index in [0.29, 0.717) is 42.5 Å². The lowest BCUT2D eigenvalue weighted by atomic mass is 10.1. The van der Waals surface area contributed by atoms with Crippen molar-refractivity contribution in [2.75, 3.05) is 24.7 Å². The molecule has 160 valence electrons. The summed E-state index contributed by atoms with van der Waals surface area (Å²) >= 11 is 1.53. The predicted octanol–water partition coefficient (Wildman–Crippen LogP) is 3.92. The van der Waals surface area contributed by atoms with Crippen LogP contribution in [-0.2, 0) is 16.1 Å². The number of para-hydroxylation sites is 1. The molecule has 0 bridgehead atoms. The summed E-state index contributed by atoms with van der Waals surface area (Å²) in [6, 6.07) is 13.9. The van der Waals surface area contributed by atoms with Gasteiger partial charge in [-0.1, -0.05) is 18.2 Å². The van der Waals surface area contributed by atoms with E-state index in [-0.39, 0.29) is 11.3 Å². The zero-order chi connectivity index (χ0) is 21.8. The lowest BCUT2D eigenvalue weighted by molar-refractivity contribution is -0.121. The first-order chi connectivity index (χ1) is 15.0. The Morgan fingerprint density at radius 2 is 1.90 bits per heavy atom. The Bertz CT molecular complexity index is 1100. The fraction of sp³-hybridized carbons (Fsp3) is 0.217. The molecule has 0 fully saturated rings. The summed E-state index contributed by atoms with van der Waals surface area (Å²) in [6.45, 7) is 2.45. The second kappa shape index (κ2) is 9.09. The van der Waals surface area contributed by atoms with Gasteiger partial charge < -0.3 is 24.2 Å². The van der Waals surface area contributed by atoms with Crippen LogP contribution in [0.4, 0.5) is 5.69 Å². The third kappa shape index (κ3) is 4.64. The van der Waals surface area contributed by atoms with Crippen LogP contribution in [-0.4, -0.2) is 36.8 Å². The largest absolute Gasteiger partial charge is 0.507 e. The van der Waals surface area contributed by atoms with E-state index in [4.69, 9.17) is 14.2 Å². The number of carbonyl (C=O) groups excluding carboxylic acids is 2. The van der Waals surface area contributed by atoms with Crippen molar-refractivity contribution < 1.29 is 28.9 Å². The molecule has 1 amide bonds. The molecule has 0 saturated carbocycles. The summed E-state index contributed by atoms with van der Waals surface area (Å²) in [4.78, 5) is 28.0. The highest BCUT2D eigenvalue weighted by molar-refractivity contribution is 7.09. The van der Waals surface area contributed by atoms with Gasteiger partial charge in [0, 0.05) is 16.6 Å². The molecule has 1 N–H and O–H groups in total. The van der Waals surface area contributed by atoms with E-state index >= 15 is 0 Å². The summed E-state index contributed by atoms with van der Waals surface area (Å²) in [5, 5.41) is 12.0. The average Bonchev–Trinajstić information content (AvgIpc) is 3.30. The Morgan fingerprint density at radius 1 is 1.10 bits per heavy atom. The topological polar surface area (TPSA) is 85.3 Å². The Kier molecular flexibility index (Phi) is 6.08. The van der Waals surface area contributed by atoms with Crippen LogP contribution in [0.15, 0.2) is 53.9 Å². The molecular weight excluding hydrogens is 418 g/mol. The van der Waals surface area contributed by atoms with Crippen LogP contribution in [0.25, 0.3) is 0 Å². The molecule has 0 saturated heterocycles. The van der Waals surface area contributed by atoms with E-state index in [1.807, 2.05) is 17.5 Å². The van der Waals surface area contributed by atoms with E-state index in [2.05, 4.69) is 0 Å².